The summed E-state index contributed by atoms with van der Waals surface area (Å²) in [6, 6.07) is 0. The van der Waals surface area contributed by atoms with Crippen molar-refractivity contribution in [3.63, 3.8) is 0 Å². The SMILES string of the molecule is CCC(C)CCCCCCCCC(=O)OC[C@H](COP(=O)(O)OC[C@H](O)COP(=O)(O)OC[C@@H](COC(=O)CCCCCCCCCC(C)C)OC(=O)CCCCCCCCCCCCCCCCCCC(C)C)OC(=O)CCCCCCCCC(C)C. The van der Waals surface area contributed by atoms with E-state index in [1.807, 2.05) is 0 Å². The predicted molar refractivity (Wildman–Crippen MR) is 354 cm³/mol. The summed E-state index contributed by atoms with van der Waals surface area (Å²) in [5, 5.41) is 10.6. The number of ether oxygens (including phenoxy) is 4. The highest BCUT2D eigenvalue weighted by molar-refractivity contribution is 7.47. The topological polar surface area (TPSA) is 237 Å². The van der Waals surface area contributed by atoms with Crippen molar-refractivity contribution in [3.05, 3.63) is 0 Å². The molecule has 3 unspecified atom stereocenters. The van der Waals surface area contributed by atoms with Crippen molar-refractivity contribution in [1.29, 1.82) is 0 Å². The first-order valence-electron chi connectivity index (χ1n) is 35.7. The van der Waals surface area contributed by atoms with Crippen LogP contribution in [0.15, 0.2) is 0 Å². The third kappa shape index (κ3) is 61.6. The molecule has 0 aliphatic rings. The molecular formula is C69H134O17P2. The highest BCUT2D eigenvalue weighted by atomic mass is 31.2. The van der Waals surface area contributed by atoms with Gasteiger partial charge in [-0.05, 0) is 49.4 Å². The van der Waals surface area contributed by atoms with E-state index < -0.39 is 97.5 Å². The standard InChI is InChI=1S/C69H134O17P2/c1-9-62(8)48-40-32-26-28-34-42-50-67(72)80-56-65(86-69(74)52-44-36-27-25-31-39-47-61(6)7)58-84-88(77,78)82-54-63(70)53-81-87(75,76)83-57-64(55-79-66(71)49-41-33-24-20-22-30-38-46-60(4)5)85-68(73)51-43-35-23-19-17-15-13-11-10-12-14-16-18-21-29-37-45-59(2)3/h59-65,70H,9-58H2,1-8H3,(H,75,76)(H,77,78)/t62?,63-,64-,65-/m1/s1. The van der Waals surface area contributed by atoms with Gasteiger partial charge in [-0.15, -0.1) is 0 Å². The number of hydrogen-bond donors (Lipinski definition) is 3. The third-order valence-electron chi connectivity index (χ3n) is 16.2. The van der Waals surface area contributed by atoms with Gasteiger partial charge in [0.15, 0.2) is 12.2 Å². The number of hydrogen-bond acceptors (Lipinski definition) is 15. The molecule has 0 aromatic carbocycles. The van der Waals surface area contributed by atoms with E-state index in [0.717, 1.165) is 115 Å². The van der Waals surface area contributed by atoms with Gasteiger partial charge >= 0.3 is 39.5 Å². The molecular weight excluding hydrogens is 1160 g/mol. The first-order chi connectivity index (χ1) is 42.1. The highest BCUT2D eigenvalue weighted by Gasteiger charge is 2.30. The lowest BCUT2D eigenvalue weighted by Crippen LogP contribution is -2.30. The van der Waals surface area contributed by atoms with Crippen LogP contribution in [0.2, 0.25) is 0 Å². The summed E-state index contributed by atoms with van der Waals surface area (Å²) < 4.78 is 68.1. The minimum absolute atomic E-state index is 0.101. The normalized spacial score (nSPS) is 14.6. The molecule has 0 saturated carbocycles. The number of phosphoric ester groups is 2. The Kier molecular flexibility index (Phi) is 57.6. The van der Waals surface area contributed by atoms with Crippen molar-refractivity contribution in [2.75, 3.05) is 39.6 Å². The van der Waals surface area contributed by atoms with Gasteiger partial charge in [-0.2, -0.15) is 0 Å². The van der Waals surface area contributed by atoms with E-state index in [-0.39, 0.29) is 25.7 Å². The number of unbranched alkanes of at least 4 members (excludes halogenated alkanes) is 31. The van der Waals surface area contributed by atoms with E-state index in [4.69, 9.17) is 37.0 Å². The second kappa shape index (κ2) is 58.8. The number of carbonyl (C=O) groups excluding carboxylic acids is 4. The zero-order valence-corrected chi connectivity index (χ0v) is 59.1. The van der Waals surface area contributed by atoms with Crippen LogP contribution in [0.3, 0.4) is 0 Å². The zero-order chi connectivity index (χ0) is 65.4. The zero-order valence-electron chi connectivity index (χ0n) is 57.3. The van der Waals surface area contributed by atoms with Crippen molar-refractivity contribution in [1.82, 2.24) is 0 Å². The molecule has 17 nitrogen and oxygen atoms in total. The minimum atomic E-state index is -4.95. The summed E-state index contributed by atoms with van der Waals surface area (Å²) in [6.45, 7) is 14.0. The molecule has 0 amide bonds. The van der Waals surface area contributed by atoms with Crippen molar-refractivity contribution in [2.24, 2.45) is 23.7 Å². The summed E-state index contributed by atoms with van der Waals surface area (Å²) in [5.74, 6) is 0.777. The smallest absolute Gasteiger partial charge is 0.462 e. The molecule has 19 heteroatoms. The van der Waals surface area contributed by atoms with Crippen molar-refractivity contribution >= 4 is 39.5 Å². The van der Waals surface area contributed by atoms with Crippen LogP contribution in [0.25, 0.3) is 0 Å². The van der Waals surface area contributed by atoms with Gasteiger partial charge < -0.3 is 33.8 Å². The van der Waals surface area contributed by atoms with Crippen molar-refractivity contribution in [2.45, 2.75) is 356 Å². The van der Waals surface area contributed by atoms with Gasteiger partial charge in [0.25, 0.3) is 0 Å². The molecule has 0 fully saturated rings. The fraction of sp³-hybridized carbons (Fsp3) is 0.942. The van der Waals surface area contributed by atoms with Gasteiger partial charge in [-0.1, -0.05) is 287 Å². The molecule has 0 bridgehead atoms. The van der Waals surface area contributed by atoms with E-state index >= 15 is 0 Å². The number of aliphatic hydroxyl groups excluding tert-OH is 1. The van der Waals surface area contributed by atoms with Crippen molar-refractivity contribution in [3.8, 4) is 0 Å². The third-order valence-corrected chi connectivity index (χ3v) is 18.1. The monoisotopic (exact) mass is 1300 g/mol. The summed E-state index contributed by atoms with van der Waals surface area (Å²) in [5.41, 5.74) is 0. The van der Waals surface area contributed by atoms with E-state index in [0.29, 0.717) is 37.5 Å². The first kappa shape index (κ1) is 86.1. The minimum Gasteiger partial charge on any atom is -0.462 e. The van der Waals surface area contributed by atoms with E-state index in [9.17, 15) is 43.2 Å². The van der Waals surface area contributed by atoms with Crippen LogP contribution in [-0.4, -0.2) is 96.7 Å². The second-order valence-corrected chi connectivity index (χ2v) is 29.5. The maximum absolute atomic E-state index is 13.0. The molecule has 522 valence electrons. The molecule has 0 saturated heterocycles. The number of esters is 4. The van der Waals surface area contributed by atoms with Gasteiger partial charge in [0.2, 0.25) is 0 Å². The summed E-state index contributed by atoms with van der Waals surface area (Å²) in [6.07, 6.45) is 40.7. The van der Waals surface area contributed by atoms with Gasteiger partial charge in [0, 0.05) is 25.7 Å². The van der Waals surface area contributed by atoms with Crippen LogP contribution < -0.4 is 0 Å². The Balaban J connectivity index is 5.18. The summed E-state index contributed by atoms with van der Waals surface area (Å²) >= 11 is 0. The molecule has 0 spiro atoms. The molecule has 6 atom stereocenters. The lowest BCUT2D eigenvalue weighted by atomic mass is 10.00. The fourth-order valence-corrected chi connectivity index (χ4v) is 11.9. The van der Waals surface area contributed by atoms with Gasteiger partial charge in [0.1, 0.15) is 19.3 Å². The molecule has 0 aliphatic carbocycles. The van der Waals surface area contributed by atoms with Crippen LogP contribution in [0.4, 0.5) is 0 Å². The second-order valence-electron chi connectivity index (χ2n) is 26.6. The Hall–Kier alpha value is -1.94. The number of aliphatic hydroxyl groups is 1. The molecule has 0 rings (SSSR count). The Labute approximate surface area is 537 Å². The Morgan fingerprint density at radius 3 is 0.807 bits per heavy atom. The molecule has 0 aromatic rings. The highest BCUT2D eigenvalue weighted by Crippen LogP contribution is 2.45. The Morgan fingerprint density at radius 1 is 0.318 bits per heavy atom. The largest absolute Gasteiger partial charge is 0.472 e. The van der Waals surface area contributed by atoms with E-state index in [1.54, 1.807) is 0 Å². The molecule has 0 heterocycles. The molecule has 3 N–H and O–H groups in total. The molecule has 0 aromatic heterocycles. The molecule has 88 heavy (non-hydrogen) atoms. The number of phosphoric acid groups is 2. The van der Waals surface area contributed by atoms with Crippen LogP contribution in [0, 0.1) is 23.7 Å². The van der Waals surface area contributed by atoms with Crippen LogP contribution in [0.1, 0.15) is 338 Å². The molecule has 0 aliphatic heterocycles. The quantitative estimate of drug-likeness (QED) is 0.0222. The Morgan fingerprint density at radius 2 is 0.545 bits per heavy atom. The van der Waals surface area contributed by atoms with Crippen LogP contribution in [0.5, 0.6) is 0 Å². The molecule has 0 radical (unpaired) electrons. The lowest BCUT2D eigenvalue weighted by molar-refractivity contribution is -0.161. The lowest BCUT2D eigenvalue weighted by Gasteiger charge is -2.21. The summed E-state index contributed by atoms with van der Waals surface area (Å²) in [4.78, 5) is 72.4. The maximum Gasteiger partial charge on any atom is 0.472 e. The predicted octanol–water partition coefficient (Wildman–Crippen LogP) is 19.3. The Bertz CT molecular complexity index is 1750. The maximum atomic E-state index is 13.0. The van der Waals surface area contributed by atoms with E-state index in [2.05, 4.69) is 55.4 Å². The summed E-state index contributed by atoms with van der Waals surface area (Å²) in [7, 11) is -9.90. The van der Waals surface area contributed by atoms with Crippen LogP contribution >= 0.6 is 15.6 Å². The van der Waals surface area contributed by atoms with Crippen molar-refractivity contribution < 1.29 is 80.2 Å². The number of carbonyl (C=O) groups is 4. The number of rotatable bonds is 66. The van der Waals surface area contributed by atoms with Gasteiger partial charge in [-0.25, -0.2) is 9.13 Å². The average Bonchev–Trinajstić information content (AvgIpc) is 3.64. The van der Waals surface area contributed by atoms with E-state index in [1.165, 1.54) is 128 Å². The fourth-order valence-electron chi connectivity index (χ4n) is 10.3. The van der Waals surface area contributed by atoms with Gasteiger partial charge in [0.05, 0.1) is 26.4 Å². The average molecular weight is 1300 g/mol. The van der Waals surface area contributed by atoms with Gasteiger partial charge in [-0.3, -0.25) is 37.3 Å². The first-order valence-corrected chi connectivity index (χ1v) is 38.7. The van der Waals surface area contributed by atoms with Crippen LogP contribution in [-0.2, 0) is 65.4 Å².